The van der Waals surface area contributed by atoms with E-state index in [2.05, 4.69) is 40.5 Å². The number of nitrogens with zero attached hydrogens (tertiary/aromatic N) is 1. The fourth-order valence-corrected chi connectivity index (χ4v) is 12.8. The minimum atomic E-state index is -2.45. The molecule has 3 aliphatic carbocycles. The van der Waals surface area contributed by atoms with E-state index in [1.165, 1.54) is 37.0 Å². The number of aryl methyl sites for hydroxylation is 1. The number of hydrogen-bond acceptors (Lipinski definition) is 12. The Hall–Kier alpha value is -5.92. The van der Waals surface area contributed by atoms with Crippen molar-refractivity contribution in [2.24, 2.45) is 5.92 Å². The molecule has 8 bridgehead atoms. The molecule has 0 spiro atoms. The number of aliphatic hydroxyl groups excluding tert-OH is 2. The number of hydrogen-bond donors (Lipinski definition) is 6. The molecular formula is C56H59N3O11. The van der Waals surface area contributed by atoms with E-state index in [9.17, 15) is 25.2 Å². The number of phenolic OH excluding ortho intramolecular Hbond substituents is 1. The van der Waals surface area contributed by atoms with Gasteiger partial charge < -0.3 is 59.3 Å². The lowest BCUT2D eigenvalue weighted by molar-refractivity contribution is -0.328. The minimum Gasteiger partial charge on any atom is -0.506 e. The number of carbonyl (C=O) groups is 2. The molecule has 5 aromatic rings. The molecule has 1 aromatic heterocycles. The summed E-state index contributed by atoms with van der Waals surface area (Å²) in [6.07, 6.45) is 11.9. The Bertz CT molecular complexity index is 3020. The van der Waals surface area contributed by atoms with Gasteiger partial charge >= 0.3 is 0 Å². The molecule has 4 aromatic carbocycles. The molecule has 1 saturated heterocycles. The molecule has 0 radical (unpaired) electrons. The van der Waals surface area contributed by atoms with Crippen molar-refractivity contribution in [2.75, 3.05) is 26.9 Å². The van der Waals surface area contributed by atoms with Crippen LogP contribution in [0.1, 0.15) is 129 Å². The van der Waals surface area contributed by atoms with Gasteiger partial charge in [-0.05, 0) is 114 Å². The highest BCUT2D eigenvalue weighted by Crippen LogP contribution is 2.56. The summed E-state index contributed by atoms with van der Waals surface area (Å²) in [4.78, 5) is 34.2. The predicted octanol–water partition coefficient (Wildman–Crippen LogP) is 7.00. The average Bonchev–Trinajstić information content (AvgIpc) is 4.11. The van der Waals surface area contributed by atoms with Gasteiger partial charge in [-0.15, -0.1) is 0 Å². The number of aromatic hydroxyl groups is 1. The number of rotatable bonds is 6. The lowest BCUT2D eigenvalue weighted by Gasteiger charge is -2.47. The van der Waals surface area contributed by atoms with Gasteiger partial charge in [-0.3, -0.25) is 9.59 Å². The SMILES string of the molecule is COc1cc2c3c(c4c(O)c2c2c1/C=C/[C@H](c1c[nH]c5ccc(CNC6CCCCC6)cc15)OC[C@H]1O[C@H](O2)[C@@](O)(CO)[C@@H](OC#CCc2cccc5c2CN(CC4=O)C5=O)[C@@H]1O)[C@@H]1CCC[C@@H]1CC3. The smallest absolute Gasteiger partial charge is 0.254 e. The zero-order chi connectivity index (χ0) is 47.8. The summed E-state index contributed by atoms with van der Waals surface area (Å²) >= 11 is 0. The van der Waals surface area contributed by atoms with E-state index in [1.54, 1.807) is 25.3 Å². The first-order chi connectivity index (χ1) is 34.1. The van der Waals surface area contributed by atoms with Crippen molar-refractivity contribution in [1.29, 1.82) is 0 Å². The first-order valence-electron chi connectivity index (χ1n) is 25.1. The Labute approximate surface area is 405 Å². The number of Topliss-reactive ketones (excluding diaryl/α,β-unsaturated/α-hetero) is 1. The van der Waals surface area contributed by atoms with Crippen molar-refractivity contribution in [3.05, 3.63) is 105 Å². The van der Waals surface area contributed by atoms with Crippen molar-refractivity contribution in [1.82, 2.24) is 15.2 Å². The lowest BCUT2D eigenvalue weighted by Crippen LogP contribution is -2.70. The van der Waals surface area contributed by atoms with Gasteiger partial charge in [0.1, 0.15) is 41.7 Å². The van der Waals surface area contributed by atoms with Gasteiger partial charge in [0, 0.05) is 53.8 Å². The van der Waals surface area contributed by atoms with E-state index < -0.39 is 48.7 Å². The number of fused-ring (bicyclic) bond motifs is 10. The normalized spacial score (nSPS) is 29.0. The largest absolute Gasteiger partial charge is 0.506 e. The molecule has 1 amide bonds. The van der Waals surface area contributed by atoms with E-state index >= 15 is 4.79 Å². The molecule has 70 heavy (non-hydrogen) atoms. The molecule has 14 nitrogen and oxygen atoms in total. The summed E-state index contributed by atoms with van der Waals surface area (Å²) in [6.45, 7) is -0.595. The highest BCUT2D eigenvalue weighted by atomic mass is 16.7. The van der Waals surface area contributed by atoms with Crippen LogP contribution in [0.3, 0.4) is 0 Å². The van der Waals surface area contributed by atoms with Crippen molar-refractivity contribution in [2.45, 2.75) is 132 Å². The molecule has 364 valence electrons. The van der Waals surface area contributed by atoms with Crippen LogP contribution in [0.2, 0.25) is 0 Å². The second-order valence-corrected chi connectivity index (χ2v) is 20.4. The second kappa shape index (κ2) is 18.0. The zero-order valence-corrected chi connectivity index (χ0v) is 39.3. The first-order valence-corrected chi connectivity index (χ1v) is 25.1. The van der Waals surface area contributed by atoms with Gasteiger partial charge in [0.2, 0.25) is 6.29 Å². The van der Waals surface area contributed by atoms with Crippen molar-refractivity contribution in [3.8, 4) is 29.3 Å². The third-order valence-electron chi connectivity index (χ3n) is 16.5. The van der Waals surface area contributed by atoms with Gasteiger partial charge in [-0.2, -0.15) is 0 Å². The fraction of sp³-hybridized carbons (Fsp3) is 0.464. The number of methoxy groups -OCH3 is 1. The molecule has 6 N–H and O–H groups in total. The van der Waals surface area contributed by atoms with E-state index in [4.69, 9.17) is 23.7 Å². The molecule has 2 saturated carbocycles. The number of phenols is 1. The summed E-state index contributed by atoms with van der Waals surface area (Å²) in [5.41, 5.74) is 4.52. The second-order valence-electron chi connectivity index (χ2n) is 20.4. The van der Waals surface area contributed by atoms with Gasteiger partial charge in [0.05, 0.1) is 43.4 Å². The number of nitrogens with one attached hydrogen (secondary N) is 2. The number of aliphatic hydroxyl groups is 3. The molecule has 0 unspecified atom stereocenters. The standard InChI is InChI=1S/C56H59N3O11/c1-66-45-23-39-35-17-16-32-9-5-13-34(32)47(35)49-43(61)27-59-26-41-31(8-6-14-36(41)54(59)64)10-7-21-67-53-50(62)46-28-68-44(20-18-37(45)52(48(39)51(49)63)70-55(69-46)56(53,65)29-60)40-25-58-42-19-15-30(22-38(40)42)24-57-33-11-3-2-4-12-33/h6,8,14-15,18-20,22-23,25,32-34,44,46,50,53,55,57-58,60,62-63,65H,2-5,9-13,16-17,24,26-29H2,1H3/b20-18+/t32-,34-,44-,46-,50-,53+,55-,56-/m1/s1. The summed E-state index contributed by atoms with van der Waals surface area (Å²) in [5.74, 6) is 2.70. The molecule has 3 fully saturated rings. The molecule has 8 atom stereocenters. The van der Waals surface area contributed by atoms with E-state index in [-0.39, 0.29) is 60.4 Å². The maximum absolute atomic E-state index is 15.2. The van der Waals surface area contributed by atoms with E-state index in [0.717, 1.165) is 70.0 Å². The fourth-order valence-electron chi connectivity index (χ4n) is 12.8. The van der Waals surface area contributed by atoms with E-state index in [1.807, 2.05) is 24.4 Å². The number of ether oxygens (including phenoxy) is 5. The summed E-state index contributed by atoms with van der Waals surface area (Å²) in [5, 5.41) is 54.5. The molecule has 5 heterocycles. The van der Waals surface area contributed by atoms with Crippen LogP contribution in [0.5, 0.6) is 17.2 Å². The minimum absolute atomic E-state index is 0.00973. The number of aromatic amines is 1. The number of H-pyrrole nitrogens is 1. The monoisotopic (exact) mass is 949 g/mol. The maximum atomic E-state index is 15.2. The Balaban J connectivity index is 1.07. The van der Waals surface area contributed by atoms with E-state index in [0.29, 0.717) is 47.2 Å². The van der Waals surface area contributed by atoms with Crippen LogP contribution in [0.25, 0.3) is 27.8 Å². The highest BCUT2D eigenvalue weighted by molar-refractivity contribution is 6.13. The number of benzene rings is 4. The number of aromatic nitrogens is 1. The molecule has 4 aliphatic heterocycles. The predicted molar refractivity (Wildman–Crippen MR) is 260 cm³/mol. The Morgan fingerprint density at radius 1 is 1.00 bits per heavy atom. The third-order valence-corrected chi connectivity index (χ3v) is 16.5. The highest BCUT2D eigenvalue weighted by Gasteiger charge is 2.59. The van der Waals surface area contributed by atoms with Crippen LogP contribution in [0.15, 0.2) is 54.7 Å². The summed E-state index contributed by atoms with van der Waals surface area (Å²) < 4.78 is 32.5. The molecule has 14 heteroatoms. The maximum Gasteiger partial charge on any atom is 0.254 e. The van der Waals surface area contributed by atoms with Crippen LogP contribution in [-0.2, 0) is 40.1 Å². The Morgan fingerprint density at radius 2 is 1.87 bits per heavy atom. The summed E-state index contributed by atoms with van der Waals surface area (Å²) in [7, 11) is 1.55. The van der Waals surface area contributed by atoms with Gasteiger partial charge in [-0.25, -0.2) is 0 Å². The van der Waals surface area contributed by atoms with Gasteiger partial charge in [-0.1, -0.05) is 55.9 Å². The van der Waals surface area contributed by atoms with Crippen LogP contribution in [-0.4, -0.2) is 105 Å². The number of amides is 1. The first kappa shape index (κ1) is 45.2. The number of carbonyl (C=O) groups excluding carboxylic acids is 2. The molecule has 7 aliphatic rings. The Morgan fingerprint density at radius 3 is 2.71 bits per heavy atom. The van der Waals surface area contributed by atoms with Crippen molar-refractivity contribution >= 4 is 39.4 Å². The van der Waals surface area contributed by atoms with Crippen molar-refractivity contribution < 1.29 is 53.7 Å². The molecule has 12 rings (SSSR count). The number of ketones is 1. The van der Waals surface area contributed by atoms with Gasteiger partial charge in [0.15, 0.2) is 17.5 Å². The van der Waals surface area contributed by atoms with Crippen LogP contribution < -0.4 is 14.8 Å². The summed E-state index contributed by atoms with van der Waals surface area (Å²) in [6, 6.07) is 14.1. The quantitative estimate of drug-likeness (QED) is 0.0958. The lowest BCUT2D eigenvalue weighted by atomic mass is 9.72. The van der Waals surface area contributed by atoms with Crippen LogP contribution >= 0.6 is 0 Å². The van der Waals surface area contributed by atoms with Crippen molar-refractivity contribution in [3.63, 3.8) is 0 Å². The van der Waals surface area contributed by atoms with Crippen LogP contribution in [0, 0.1) is 17.9 Å². The topological polar surface area (TPSA) is 192 Å². The van der Waals surface area contributed by atoms with Crippen LogP contribution in [0.4, 0.5) is 0 Å². The average molecular weight is 950 g/mol. The zero-order valence-electron chi connectivity index (χ0n) is 39.3. The Kier molecular flexibility index (Phi) is 11.7. The third kappa shape index (κ3) is 7.47. The van der Waals surface area contributed by atoms with Gasteiger partial charge in [0.25, 0.3) is 5.91 Å². The molecular weight excluding hydrogens is 891 g/mol.